The number of thiophene rings is 1. The summed E-state index contributed by atoms with van der Waals surface area (Å²) >= 11 is 15.4. The number of hydrogen-bond donors (Lipinski definition) is 0. The van der Waals surface area contributed by atoms with Gasteiger partial charge < -0.3 is 4.74 Å². The molecule has 0 saturated heterocycles. The van der Waals surface area contributed by atoms with Crippen LogP contribution in [0.4, 0.5) is 4.39 Å². The number of carbonyl (C=O) groups is 1. The molecule has 4 nitrogen and oxygen atoms in total. The summed E-state index contributed by atoms with van der Waals surface area (Å²) in [6.45, 7) is 15.6. The van der Waals surface area contributed by atoms with Gasteiger partial charge in [-0.15, -0.1) is 23.1 Å². The Kier molecular flexibility index (Phi) is 12.2. The van der Waals surface area contributed by atoms with Crippen LogP contribution in [0.25, 0.3) is 52.8 Å². The first kappa shape index (κ1) is 39.9. The number of benzene rings is 4. The van der Waals surface area contributed by atoms with Gasteiger partial charge in [-0.3, -0.25) is 4.79 Å². The van der Waals surface area contributed by atoms with Crippen LogP contribution in [0, 0.1) is 16.6 Å². The Hall–Kier alpha value is -3.75. The molecule has 0 atom stereocenters. The summed E-state index contributed by atoms with van der Waals surface area (Å²) in [5, 5.41) is 7.61. The number of nitrogens with zero attached hydrogens (tertiary/aromatic N) is 2. The highest BCUT2D eigenvalue weighted by atomic mass is 35.5. The van der Waals surface area contributed by atoms with E-state index < -0.39 is 5.82 Å². The second kappa shape index (κ2) is 16.5. The Morgan fingerprint density at radius 2 is 1.35 bits per heavy atom. The second-order valence-electron chi connectivity index (χ2n) is 16.0. The molecule has 280 valence electrons. The van der Waals surface area contributed by atoms with E-state index in [0.29, 0.717) is 34.9 Å². The minimum Gasteiger partial charge on any atom is -0.466 e. The summed E-state index contributed by atoms with van der Waals surface area (Å²) < 4.78 is 22.2. The molecule has 0 amide bonds. The Balaban J connectivity index is 0.000000192. The highest BCUT2D eigenvalue weighted by Crippen LogP contribution is 2.40. The second-order valence-corrected chi connectivity index (χ2v) is 18.9. The normalized spacial score (nSPS) is 12.0. The van der Waals surface area contributed by atoms with Crippen LogP contribution >= 0.6 is 46.3 Å². The first-order chi connectivity index (χ1) is 25.6. The lowest BCUT2D eigenvalue weighted by Gasteiger charge is -2.19. The Bertz CT molecular complexity index is 2480. The summed E-state index contributed by atoms with van der Waals surface area (Å²) in [6, 6.07) is 25.5. The van der Waals surface area contributed by atoms with Crippen LogP contribution in [0.15, 0.2) is 90.1 Å². The predicted molar refractivity (Wildman–Crippen MR) is 230 cm³/mol. The van der Waals surface area contributed by atoms with Crippen molar-refractivity contribution in [3.8, 4) is 11.1 Å². The number of esters is 1. The van der Waals surface area contributed by atoms with Crippen LogP contribution < -0.4 is 0 Å². The monoisotopic (exact) mass is 798 g/mol. The highest BCUT2D eigenvalue weighted by Gasteiger charge is 2.18. The van der Waals surface area contributed by atoms with Gasteiger partial charge in [-0.1, -0.05) is 101 Å². The molecule has 0 aliphatic rings. The molecule has 0 bridgehead atoms. The Morgan fingerprint density at radius 3 is 2.00 bits per heavy atom. The Morgan fingerprint density at radius 1 is 0.741 bits per heavy atom. The van der Waals surface area contributed by atoms with Gasteiger partial charge in [-0.05, 0) is 105 Å². The number of rotatable bonds is 8. The van der Waals surface area contributed by atoms with Gasteiger partial charge in [-0.2, -0.15) is 0 Å². The number of ether oxygens (including phenoxy) is 1. The van der Waals surface area contributed by atoms with Gasteiger partial charge in [0.25, 0.3) is 0 Å². The van der Waals surface area contributed by atoms with Crippen molar-refractivity contribution in [2.75, 3.05) is 12.4 Å². The van der Waals surface area contributed by atoms with Gasteiger partial charge in [0.15, 0.2) is 11.0 Å². The van der Waals surface area contributed by atoms with Crippen molar-refractivity contribution in [2.45, 2.75) is 72.6 Å². The van der Waals surface area contributed by atoms with Crippen LogP contribution in [0.2, 0.25) is 10.3 Å². The molecule has 0 unspecified atom stereocenters. The Labute approximate surface area is 335 Å². The van der Waals surface area contributed by atoms with Crippen molar-refractivity contribution >= 4 is 94.0 Å². The fourth-order valence-electron chi connectivity index (χ4n) is 6.67. The van der Waals surface area contributed by atoms with E-state index in [-0.39, 0.29) is 16.5 Å². The summed E-state index contributed by atoms with van der Waals surface area (Å²) in [5.41, 5.74) is 4.25. The molecule has 4 aromatic carbocycles. The maximum absolute atomic E-state index is 14.8. The van der Waals surface area contributed by atoms with Gasteiger partial charge in [0.1, 0.15) is 5.15 Å². The number of aromatic nitrogens is 2. The predicted octanol–water partition coefficient (Wildman–Crippen LogP) is 14.2. The molecular formula is C45H45Cl2FN2O2S2. The topological polar surface area (TPSA) is 52.1 Å². The molecule has 0 N–H and O–H groups in total. The zero-order valence-corrected chi connectivity index (χ0v) is 34.9. The van der Waals surface area contributed by atoms with Crippen molar-refractivity contribution in [1.82, 2.24) is 9.97 Å². The quantitative estimate of drug-likeness (QED) is 0.0870. The van der Waals surface area contributed by atoms with Crippen molar-refractivity contribution in [3.05, 3.63) is 112 Å². The molecule has 0 aliphatic carbocycles. The average Bonchev–Trinajstić information content (AvgIpc) is 3.46. The van der Waals surface area contributed by atoms with Crippen LogP contribution in [0.3, 0.4) is 0 Å². The SMILES string of the molecule is CC(C)(C)Cc1ccc2cc3sc4c(Cl)nccc4c3cc2c1.CCOC(=O)CCSc1cc2ccc(CC(C)(C)C)cc2cc1-c1ccnc(Cl)c1F. The van der Waals surface area contributed by atoms with E-state index in [1.807, 2.05) is 6.07 Å². The third-order valence-corrected chi connectivity index (χ3v) is 11.7. The van der Waals surface area contributed by atoms with Crippen molar-refractivity contribution in [3.63, 3.8) is 0 Å². The summed E-state index contributed by atoms with van der Waals surface area (Å²) in [6.07, 6.45) is 5.62. The maximum Gasteiger partial charge on any atom is 0.306 e. The minimum absolute atomic E-state index is 0.151. The number of pyridine rings is 2. The van der Waals surface area contributed by atoms with Crippen LogP contribution in [-0.4, -0.2) is 28.3 Å². The zero-order valence-electron chi connectivity index (χ0n) is 31.8. The first-order valence-electron chi connectivity index (χ1n) is 18.1. The summed E-state index contributed by atoms with van der Waals surface area (Å²) in [7, 11) is 0. The maximum atomic E-state index is 14.8. The molecule has 0 saturated carbocycles. The molecule has 54 heavy (non-hydrogen) atoms. The molecule has 3 aromatic heterocycles. The average molecular weight is 800 g/mol. The van der Waals surface area contributed by atoms with Gasteiger partial charge in [0, 0.05) is 44.1 Å². The molecule has 0 radical (unpaired) electrons. The lowest BCUT2D eigenvalue weighted by Crippen LogP contribution is -2.08. The summed E-state index contributed by atoms with van der Waals surface area (Å²) in [5.74, 6) is -0.233. The minimum atomic E-state index is -0.540. The number of fused-ring (bicyclic) bond motifs is 5. The summed E-state index contributed by atoms with van der Waals surface area (Å²) in [4.78, 5) is 20.7. The van der Waals surface area contributed by atoms with Crippen LogP contribution in [-0.2, 0) is 22.4 Å². The van der Waals surface area contributed by atoms with E-state index in [1.54, 1.807) is 30.5 Å². The number of hydrogen-bond acceptors (Lipinski definition) is 6. The van der Waals surface area contributed by atoms with E-state index in [9.17, 15) is 9.18 Å². The van der Waals surface area contributed by atoms with Crippen molar-refractivity contribution < 1.29 is 13.9 Å². The smallest absolute Gasteiger partial charge is 0.306 e. The fraction of sp³-hybridized carbons (Fsp3) is 0.311. The molecule has 7 rings (SSSR count). The van der Waals surface area contributed by atoms with Gasteiger partial charge >= 0.3 is 5.97 Å². The van der Waals surface area contributed by atoms with E-state index >= 15 is 0 Å². The number of carbonyl (C=O) groups excluding carboxylic acids is 1. The molecule has 9 heteroatoms. The highest BCUT2D eigenvalue weighted by molar-refractivity contribution is 7.99. The van der Waals surface area contributed by atoms with E-state index in [2.05, 4.69) is 112 Å². The fourth-order valence-corrected chi connectivity index (χ4v) is 9.23. The van der Waals surface area contributed by atoms with Crippen LogP contribution in [0.5, 0.6) is 0 Å². The van der Waals surface area contributed by atoms with Gasteiger partial charge in [0.2, 0.25) is 0 Å². The lowest BCUT2D eigenvalue weighted by atomic mass is 9.87. The third kappa shape index (κ3) is 9.72. The molecule has 0 spiro atoms. The number of thioether (sulfide) groups is 1. The van der Waals surface area contributed by atoms with E-state index in [4.69, 9.17) is 27.9 Å². The molecule has 3 heterocycles. The van der Waals surface area contributed by atoms with Gasteiger partial charge in [0.05, 0.1) is 17.7 Å². The zero-order chi connectivity index (χ0) is 38.8. The van der Waals surface area contributed by atoms with Gasteiger partial charge in [-0.25, -0.2) is 14.4 Å². The first-order valence-corrected chi connectivity index (χ1v) is 20.7. The van der Waals surface area contributed by atoms with E-state index in [1.165, 1.54) is 55.3 Å². The van der Waals surface area contributed by atoms with E-state index in [0.717, 1.165) is 38.8 Å². The number of halogens is 3. The standard InChI is InChI=1S/C25H27ClFNO2S.C20H18ClNS/c1-5-30-22(29)9-11-31-21-14-17-7-6-16(15-25(2,3)4)12-18(17)13-20(21)19-8-10-28-24(26)23(19)27;1-20(2,3)11-12-4-5-13-10-17-16(9-14(13)8-12)15-6-7-22-19(21)18(15)23-17/h6-8,10,12-14H,5,9,11,15H2,1-4H3;4-10H,11H2,1-3H3. The molecule has 0 aliphatic heterocycles. The molecular weight excluding hydrogens is 755 g/mol. The molecule has 0 fully saturated rings. The van der Waals surface area contributed by atoms with Crippen LogP contribution in [0.1, 0.15) is 66.0 Å². The molecule has 7 aromatic rings. The van der Waals surface area contributed by atoms with Crippen molar-refractivity contribution in [2.24, 2.45) is 10.8 Å². The lowest BCUT2D eigenvalue weighted by molar-refractivity contribution is -0.142. The third-order valence-electron chi connectivity index (χ3n) is 8.84. The largest absolute Gasteiger partial charge is 0.466 e. The van der Waals surface area contributed by atoms with Crippen molar-refractivity contribution in [1.29, 1.82) is 0 Å².